The summed E-state index contributed by atoms with van der Waals surface area (Å²) in [6.45, 7) is 7.00. The van der Waals surface area contributed by atoms with Gasteiger partial charge in [-0.2, -0.15) is 17.0 Å². The molecule has 0 unspecified atom stereocenters. The first-order valence-corrected chi connectivity index (χ1v) is 8.61. The lowest BCUT2D eigenvalue weighted by Crippen LogP contribution is -2.53. The molecule has 1 aromatic carbocycles. The lowest BCUT2D eigenvalue weighted by molar-refractivity contribution is -0.0188. The fourth-order valence-electron chi connectivity index (χ4n) is 2.48. The molecule has 21 heavy (non-hydrogen) atoms. The zero-order valence-electron chi connectivity index (χ0n) is 13.1. The molecule has 5 nitrogen and oxygen atoms in total. The van der Waals surface area contributed by atoms with Crippen molar-refractivity contribution in [3.8, 4) is 0 Å². The van der Waals surface area contributed by atoms with Crippen molar-refractivity contribution in [1.29, 1.82) is 0 Å². The predicted octanol–water partition coefficient (Wildman–Crippen LogP) is 1.78. The number of ether oxygens (including phenoxy) is 1. The van der Waals surface area contributed by atoms with Crippen LogP contribution in [0.15, 0.2) is 24.3 Å². The summed E-state index contributed by atoms with van der Waals surface area (Å²) in [7, 11) is -1.84. The predicted molar refractivity (Wildman–Crippen MR) is 83.1 cm³/mol. The second-order valence-electron chi connectivity index (χ2n) is 5.75. The van der Waals surface area contributed by atoms with Crippen molar-refractivity contribution in [1.82, 2.24) is 8.61 Å². The Hall–Kier alpha value is -0.950. The summed E-state index contributed by atoms with van der Waals surface area (Å²) in [4.78, 5) is 0. The maximum absolute atomic E-state index is 12.8. The van der Waals surface area contributed by atoms with E-state index in [9.17, 15) is 8.42 Å². The van der Waals surface area contributed by atoms with Gasteiger partial charge >= 0.3 is 0 Å². The highest BCUT2D eigenvalue weighted by Gasteiger charge is 2.35. The molecular weight excluding hydrogens is 288 g/mol. The third kappa shape index (κ3) is 3.63. The van der Waals surface area contributed by atoms with E-state index in [1.807, 2.05) is 45.0 Å². The minimum atomic E-state index is -3.47. The molecule has 0 spiro atoms. The average molecular weight is 312 g/mol. The maximum atomic E-state index is 12.8. The molecule has 0 saturated carbocycles. The van der Waals surface area contributed by atoms with Gasteiger partial charge in [0.1, 0.15) is 0 Å². The van der Waals surface area contributed by atoms with E-state index < -0.39 is 10.2 Å². The highest BCUT2D eigenvalue weighted by molar-refractivity contribution is 7.86. The molecule has 2 atom stereocenters. The highest BCUT2D eigenvalue weighted by atomic mass is 32.2. The number of hydrogen-bond donors (Lipinski definition) is 0. The van der Waals surface area contributed by atoms with Gasteiger partial charge in [0.25, 0.3) is 10.2 Å². The molecule has 0 bridgehead atoms. The molecule has 1 fully saturated rings. The third-order valence-corrected chi connectivity index (χ3v) is 5.91. The molecule has 1 saturated heterocycles. The average Bonchev–Trinajstić information content (AvgIpc) is 2.43. The Morgan fingerprint density at radius 1 is 1.33 bits per heavy atom. The molecule has 1 aliphatic rings. The van der Waals surface area contributed by atoms with Crippen LogP contribution < -0.4 is 0 Å². The van der Waals surface area contributed by atoms with Crippen molar-refractivity contribution in [3.63, 3.8) is 0 Å². The van der Waals surface area contributed by atoms with E-state index >= 15 is 0 Å². The van der Waals surface area contributed by atoms with E-state index in [1.54, 1.807) is 11.4 Å². The van der Waals surface area contributed by atoms with E-state index in [2.05, 4.69) is 0 Å². The number of benzene rings is 1. The van der Waals surface area contributed by atoms with Crippen molar-refractivity contribution in [2.45, 2.75) is 39.5 Å². The Labute approximate surface area is 127 Å². The normalized spacial score (nSPS) is 24.4. The van der Waals surface area contributed by atoms with Crippen molar-refractivity contribution in [3.05, 3.63) is 35.4 Å². The highest BCUT2D eigenvalue weighted by Crippen LogP contribution is 2.20. The first-order chi connectivity index (χ1) is 9.82. The van der Waals surface area contributed by atoms with Crippen LogP contribution >= 0.6 is 0 Å². The number of hydrogen-bond acceptors (Lipinski definition) is 3. The maximum Gasteiger partial charge on any atom is 0.282 e. The van der Waals surface area contributed by atoms with Crippen molar-refractivity contribution in [2.24, 2.45) is 0 Å². The quantitative estimate of drug-likeness (QED) is 0.851. The molecule has 1 heterocycles. The number of aryl methyl sites for hydroxylation is 1. The molecule has 1 aliphatic heterocycles. The topological polar surface area (TPSA) is 49.9 Å². The molecule has 118 valence electrons. The van der Waals surface area contributed by atoms with Crippen molar-refractivity contribution in [2.75, 3.05) is 20.2 Å². The second-order valence-corrected chi connectivity index (χ2v) is 7.74. The molecule has 0 aliphatic carbocycles. The summed E-state index contributed by atoms with van der Waals surface area (Å²) in [6.07, 6.45) is -0.0668. The summed E-state index contributed by atoms with van der Waals surface area (Å²) in [5.74, 6) is 0. The fraction of sp³-hybridized carbons (Fsp3) is 0.600. The first kappa shape index (κ1) is 16.4. The lowest BCUT2D eigenvalue weighted by Gasteiger charge is -2.37. The van der Waals surface area contributed by atoms with E-state index in [1.165, 1.54) is 4.31 Å². The van der Waals surface area contributed by atoms with Gasteiger partial charge in [-0.3, -0.25) is 0 Å². The minimum absolute atomic E-state index is 0.0668. The van der Waals surface area contributed by atoms with Crippen LogP contribution in [0.3, 0.4) is 0 Å². The summed E-state index contributed by atoms with van der Waals surface area (Å²) in [5, 5.41) is 0. The van der Waals surface area contributed by atoms with Gasteiger partial charge in [0.05, 0.1) is 12.7 Å². The van der Waals surface area contributed by atoms with Crippen LogP contribution in [0.25, 0.3) is 0 Å². The van der Waals surface area contributed by atoms with Crippen LogP contribution in [-0.4, -0.2) is 49.4 Å². The molecular formula is C15H24N2O3S. The summed E-state index contributed by atoms with van der Waals surface area (Å²) >= 11 is 0. The van der Waals surface area contributed by atoms with Gasteiger partial charge in [0.15, 0.2) is 0 Å². The van der Waals surface area contributed by atoms with Crippen LogP contribution in [0, 0.1) is 6.92 Å². The monoisotopic (exact) mass is 312 g/mol. The Morgan fingerprint density at radius 3 is 2.67 bits per heavy atom. The molecule has 6 heteroatoms. The molecule has 0 N–H and O–H groups in total. The zero-order valence-corrected chi connectivity index (χ0v) is 13.9. The Morgan fingerprint density at radius 2 is 2.00 bits per heavy atom. The van der Waals surface area contributed by atoms with Crippen LogP contribution in [0.4, 0.5) is 0 Å². The minimum Gasteiger partial charge on any atom is -0.375 e. The van der Waals surface area contributed by atoms with Crippen molar-refractivity contribution >= 4 is 10.2 Å². The Kier molecular flexibility index (Phi) is 5.03. The summed E-state index contributed by atoms with van der Waals surface area (Å²) in [6, 6.07) is 7.72. The van der Waals surface area contributed by atoms with E-state index in [-0.39, 0.29) is 12.1 Å². The SMILES string of the molecule is Cc1ccccc1CN(C)S(=O)(=O)N1C[C@@H](C)OC[C@@H]1C. The first-order valence-electron chi connectivity index (χ1n) is 7.21. The number of nitrogens with zero attached hydrogens (tertiary/aromatic N) is 2. The van der Waals surface area contributed by atoms with E-state index in [0.717, 1.165) is 11.1 Å². The smallest absolute Gasteiger partial charge is 0.282 e. The summed E-state index contributed by atoms with van der Waals surface area (Å²) < 4.78 is 34.0. The van der Waals surface area contributed by atoms with Gasteiger partial charge in [-0.1, -0.05) is 24.3 Å². The van der Waals surface area contributed by atoms with Crippen LogP contribution in [0.5, 0.6) is 0 Å². The van der Waals surface area contributed by atoms with Crippen molar-refractivity contribution < 1.29 is 13.2 Å². The van der Waals surface area contributed by atoms with Crippen LogP contribution in [0.1, 0.15) is 25.0 Å². The van der Waals surface area contributed by atoms with Gasteiger partial charge in [-0.15, -0.1) is 0 Å². The fourth-order valence-corrected chi connectivity index (χ4v) is 4.06. The van der Waals surface area contributed by atoms with Gasteiger partial charge in [0, 0.05) is 26.2 Å². The van der Waals surface area contributed by atoms with Crippen LogP contribution in [-0.2, 0) is 21.5 Å². The largest absolute Gasteiger partial charge is 0.375 e. The molecule has 0 radical (unpaired) electrons. The Balaban J connectivity index is 2.17. The number of morpholine rings is 1. The third-order valence-electron chi connectivity index (χ3n) is 3.90. The molecule has 0 amide bonds. The lowest BCUT2D eigenvalue weighted by atomic mass is 10.1. The number of rotatable bonds is 4. The van der Waals surface area contributed by atoms with Gasteiger partial charge in [-0.05, 0) is 31.9 Å². The van der Waals surface area contributed by atoms with E-state index in [0.29, 0.717) is 19.7 Å². The van der Waals surface area contributed by atoms with Crippen LogP contribution in [0.2, 0.25) is 0 Å². The Bertz CT molecular complexity index is 588. The molecule has 1 aromatic rings. The standard InChI is InChI=1S/C15H24N2O3S/c1-12-7-5-6-8-15(12)10-16(4)21(18,19)17-9-14(3)20-11-13(17)2/h5-8,13-14H,9-11H2,1-4H3/t13-,14+/m0/s1. The molecule has 2 rings (SSSR count). The molecule has 0 aromatic heterocycles. The second kappa shape index (κ2) is 6.44. The summed E-state index contributed by atoms with van der Waals surface area (Å²) in [5.41, 5.74) is 2.13. The van der Waals surface area contributed by atoms with Gasteiger partial charge in [0.2, 0.25) is 0 Å². The van der Waals surface area contributed by atoms with Gasteiger partial charge in [-0.25, -0.2) is 0 Å². The van der Waals surface area contributed by atoms with Gasteiger partial charge < -0.3 is 4.74 Å². The zero-order chi connectivity index (χ0) is 15.6. The van der Waals surface area contributed by atoms with E-state index in [4.69, 9.17) is 4.74 Å².